The molecule has 5 rings (SSSR count). The molecule has 0 aliphatic carbocycles. The summed E-state index contributed by atoms with van der Waals surface area (Å²) >= 11 is 0. The zero-order valence-electron chi connectivity index (χ0n) is 17.8. The van der Waals surface area contributed by atoms with E-state index < -0.39 is 5.82 Å². The van der Waals surface area contributed by atoms with Gasteiger partial charge in [0.05, 0.1) is 17.5 Å². The molecule has 2 N–H and O–H groups in total. The Morgan fingerprint density at radius 1 is 1.00 bits per heavy atom. The van der Waals surface area contributed by atoms with Gasteiger partial charge in [-0.05, 0) is 50.6 Å². The van der Waals surface area contributed by atoms with Crippen molar-refractivity contribution in [3.63, 3.8) is 0 Å². The number of anilines is 1. The summed E-state index contributed by atoms with van der Waals surface area (Å²) in [7, 11) is 0. The third-order valence-electron chi connectivity index (χ3n) is 5.69. The Morgan fingerprint density at radius 3 is 2.62 bits per heavy atom. The molecule has 8 heteroatoms. The van der Waals surface area contributed by atoms with E-state index in [2.05, 4.69) is 9.88 Å². The van der Waals surface area contributed by atoms with E-state index >= 15 is 0 Å². The Labute approximate surface area is 185 Å². The molecule has 0 bridgehead atoms. The summed E-state index contributed by atoms with van der Waals surface area (Å²) in [5.41, 5.74) is 6.60. The van der Waals surface area contributed by atoms with Crippen LogP contribution < -0.4 is 24.7 Å². The number of rotatable bonds is 7. The van der Waals surface area contributed by atoms with Crippen LogP contribution in [0.5, 0.6) is 28.7 Å². The van der Waals surface area contributed by atoms with E-state index in [1.54, 1.807) is 18.3 Å². The highest BCUT2D eigenvalue weighted by Gasteiger charge is 2.25. The molecule has 32 heavy (non-hydrogen) atoms. The summed E-state index contributed by atoms with van der Waals surface area (Å²) in [5.74, 6) is 1.57. The number of likely N-dealkylation sites (tertiary alicyclic amines) is 1. The van der Waals surface area contributed by atoms with Crippen molar-refractivity contribution >= 4 is 16.6 Å². The molecular formula is C24H26FN3O4. The van der Waals surface area contributed by atoms with Crippen LogP contribution in [0.25, 0.3) is 10.9 Å². The van der Waals surface area contributed by atoms with Crippen LogP contribution in [0, 0.1) is 5.82 Å². The van der Waals surface area contributed by atoms with Gasteiger partial charge < -0.3 is 29.6 Å². The molecule has 3 aromatic rings. The number of hydrogen-bond acceptors (Lipinski definition) is 7. The lowest BCUT2D eigenvalue weighted by atomic mass is 10.1. The quantitative estimate of drug-likeness (QED) is 0.432. The number of nitrogens with two attached hydrogens (primary N) is 1. The van der Waals surface area contributed by atoms with Crippen molar-refractivity contribution < 1.29 is 23.3 Å². The maximum Gasteiger partial charge on any atom is 0.204 e. The van der Waals surface area contributed by atoms with E-state index in [0.29, 0.717) is 59.4 Å². The van der Waals surface area contributed by atoms with Crippen LogP contribution in [0.1, 0.15) is 19.3 Å². The summed E-state index contributed by atoms with van der Waals surface area (Å²) in [4.78, 5) is 6.92. The first kappa shape index (κ1) is 20.6. The second-order valence-corrected chi connectivity index (χ2v) is 7.98. The number of nitrogens with zero attached hydrogens (tertiary/aromatic N) is 2. The number of fused-ring (bicyclic) bond motifs is 3. The molecule has 3 heterocycles. The van der Waals surface area contributed by atoms with Crippen LogP contribution >= 0.6 is 0 Å². The Kier molecular flexibility index (Phi) is 5.85. The highest BCUT2D eigenvalue weighted by Crippen LogP contribution is 2.48. The summed E-state index contributed by atoms with van der Waals surface area (Å²) in [6.45, 7) is 4.76. The van der Waals surface area contributed by atoms with E-state index in [9.17, 15) is 4.39 Å². The summed E-state index contributed by atoms with van der Waals surface area (Å²) < 4.78 is 38.1. The van der Waals surface area contributed by atoms with Crippen molar-refractivity contribution in [3.8, 4) is 28.7 Å². The maximum absolute atomic E-state index is 14.3. The Hall–Kier alpha value is -3.26. The molecule has 168 valence electrons. The predicted octanol–water partition coefficient (Wildman–Crippen LogP) is 4.38. The molecule has 1 saturated heterocycles. The Morgan fingerprint density at radius 2 is 1.81 bits per heavy atom. The lowest BCUT2D eigenvalue weighted by Crippen LogP contribution is -2.22. The third-order valence-corrected chi connectivity index (χ3v) is 5.69. The molecule has 0 saturated carbocycles. The van der Waals surface area contributed by atoms with Crippen LogP contribution in [-0.4, -0.2) is 49.3 Å². The van der Waals surface area contributed by atoms with Gasteiger partial charge >= 0.3 is 0 Å². The minimum atomic E-state index is -0.543. The fourth-order valence-electron chi connectivity index (χ4n) is 4.16. The van der Waals surface area contributed by atoms with Crippen LogP contribution in [0.2, 0.25) is 0 Å². The molecule has 0 spiro atoms. The van der Waals surface area contributed by atoms with Gasteiger partial charge in [0.25, 0.3) is 0 Å². The van der Waals surface area contributed by atoms with Crippen molar-refractivity contribution in [2.24, 2.45) is 0 Å². The predicted molar refractivity (Wildman–Crippen MR) is 119 cm³/mol. The maximum atomic E-state index is 14.3. The van der Waals surface area contributed by atoms with Gasteiger partial charge in [-0.25, -0.2) is 4.39 Å². The van der Waals surface area contributed by atoms with E-state index in [-0.39, 0.29) is 5.75 Å². The molecular weight excluding hydrogens is 413 g/mol. The summed E-state index contributed by atoms with van der Waals surface area (Å²) in [5, 5.41) is 0.614. The number of pyridine rings is 1. The number of aromatic nitrogens is 1. The van der Waals surface area contributed by atoms with Crippen LogP contribution in [0.15, 0.2) is 36.5 Å². The molecule has 1 aromatic heterocycles. The highest BCUT2D eigenvalue weighted by molar-refractivity contribution is 5.95. The average Bonchev–Trinajstić information content (AvgIpc) is 3.32. The van der Waals surface area contributed by atoms with Gasteiger partial charge in [0.15, 0.2) is 23.1 Å². The first-order valence-corrected chi connectivity index (χ1v) is 11.0. The second kappa shape index (κ2) is 9.08. The van der Waals surface area contributed by atoms with Gasteiger partial charge in [-0.1, -0.05) is 0 Å². The fraction of sp³-hybridized carbons (Fsp3) is 0.375. The first-order chi connectivity index (χ1) is 15.7. The van der Waals surface area contributed by atoms with Gasteiger partial charge in [0, 0.05) is 30.6 Å². The number of benzene rings is 2. The molecule has 7 nitrogen and oxygen atoms in total. The molecule has 2 aliphatic heterocycles. The Bertz CT molecular complexity index is 1120. The molecule has 0 radical (unpaired) electrons. The van der Waals surface area contributed by atoms with Crippen LogP contribution in [-0.2, 0) is 0 Å². The van der Waals surface area contributed by atoms with Crippen molar-refractivity contribution in [3.05, 3.63) is 42.3 Å². The smallest absolute Gasteiger partial charge is 0.204 e. The largest absolute Gasteiger partial charge is 0.489 e. The number of ether oxygens (including phenoxy) is 4. The topological polar surface area (TPSA) is 79.1 Å². The first-order valence-electron chi connectivity index (χ1n) is 11.0. The number of halogens is 1. The van der Waals surface area contributed by atoms with Gasteiger partial charge in [-0.15, -0.1) is 0 Å². The zero-order valence-corrected chi connectivity index (χ0v) is 17.8. The van der Waals surface area contributed by atoms with E-state index in [0.717, 1.165) is 13.0 Å². The summed E-state index contributed by atoms with van der Waals surface area (Å²) in [6, 6.07) is 7.81. The van der Waals surface area contributed by atoms with E-state index in [1.165, 1.54) is 38.1 Å². The third kappa shape index (κ3) is 4.23. The van der Waals surface area contributed by atoms with E-state index in [1.807, 2.05) is 6.07 Å². The zero-order chi connectivity index (χ0) is 21.9. The fourth-order valence-corrected chi connectivity index (χ4v) is 4.16. The Balaban J connectivity index is 1.43. The van der Waals surface area contributed by atoms with Crippen LogP contribution in [0.4, 0.5) is 10.1 Å². The normalized spacial score (nSPS) is 15.8. The standard InChI is InChI=1S/C24H26FN3O4/c25-17-14-16(26)4-5-19(17)32-20-6-7-27-18-15-21(23-24(22(18)20)31-13-12-30-23)29-11-3-10-28-8-1-2-9-28/h4-7,14-15H,1-3,8-13,26H2. The van der Waals surface area contributed by atoms with E-state index in [4.69, 9.17) is 24.7 Å². The molecule has 2 aromatic carbocycles. The lowest BCUT2D eigenvalue weighted by molar-refractivity contribution is 0.162. The van der Waals surface area contributed by atoms with Gasteiger partial charge in [-0.3, -0.25) is 4.98 Å². The molecule has 2 aliphatic rings. The molecule has 1 fully saturated rings. The SMILES string of the molecule is Nc1ccc(Oc2ccnc3cc(OCCCN4CCCC4)c4c(c23)OCCO4)c(F)c1. The summed E-state index contributed by atoms with van der Waals surface area (Å²) in [6.07, 6.45) is 5.10. The van der Waals surface area contributed by atoms with Crippen molar-refractivity contribution in [2.45, 2.75) is 19.3 Å². The van der Waals surface area contributed by atoms with Gasteiger partial charge in [-0.2, -0.15) is 0 Å². The van der Waals surface area contributed by atoms with Gasteiger partial charge in [0.1, 0.15) is 19.0 Å². The minimum absolute atomic E-state index is 0.0689. The van der Waals surface area contributed by atoms with Crippen molar-refractivity contribution in [2.75, 3.05) is 45.2 Å². The molecule has 0 amide bonds. The van der Waals surface area contributed by atoms with Crippen molar-refractivity contribution in [1.29, 1.82) is 0 Å². The molecule has 0 atom stereocenters. The minimum Gasteiger partial charge on any atom is -0.489 e. The lowest BCUT2D eigenvalue weighted by Gasteiger charge is -2.24. The molecule has 0 unspecified atom stereocenters. The number of hydrogen-bond donors (Lipinski definition) is 1. The number of nitrogen functional groups attached to an aromatic ring is 1. The monoisotopic (exact) mass is 439 g/mol. The van der Waals surface area contributed by atoms with Gasteiger partial charge in [0.2, 0.25) is 5.75 Å². The highest BCUT2D eigenvalue weighted by atomic mass is 19.1. The van der Waals surface area contributed by atoms with Crippen molar-refractivity contribution in [1.82, 2.24) is 9.88 Å². The average molecular weight is 439 g/mol. The second-order valence-electron chi connectivity index (χ2n) is 7.98. The van der Waals surface area contributed by atoms with Crippen LogP contribution in [0.3, 0.4) is 0 Å².